The van der Waals surface area contributed by atoms with Gasteiger partial charge in [-0.05, 0) is 37.2 Å². The Morgan fingerprint density at radius 2 is 1.86 bits per heavy atom. The second kappa shape index (κ2) is 6.67. The van der Waals surface area contributed by atoms with Gasteiger partial charge >= 0.3 is 0 Å². The smallest absolute Gasteiger partial charge is 0.231 e. The second-order valence-electron chi connectivity index (χ2n) is 5.76. The van der Waals surface area contributed by atoms with Crippen molar-refractivity contribution < 1.29 is 9.47 Å². The third kappa shape index (κ3) is 3.68. The Bertz CT molecular complexity index is 664. The normalized spacial score (nSPS) is 13.7. The van der Waals surface area contributed by atoms with Gasteiger partial charge in [0.1, 0.15) is 0 Å². The lowest BCUT2D eigenvalue weighted by molar-refractivity contribution is 0.174. The van der Waals surface area contributed by atoms with Gasteiger partial charge in [-0.3, -0.25) is 4.90 Å². The van der Waals surface area contributed by atoms with Gasteiger partial charge in [-0.2, -0.15) is 0 Å². The molecule has 1 aliphatic rings. The van der Waals surface area contributed by atoms with E-state index < -0.39 is 0 Å². The number of hydrogen-bond acceptors (Lipinski definition) is 3. The van der Waals surface area contributed by atoms with Crippen molar-refractivity contribution in [3.05, 3.63) is 65.2 Å². The Morgan fingerprint density at radius 1 is 1.09 bits per heavy atom. The number of rotatable bonds is 5. The molecule has 0 aliphatic carbocycles. The number of hydrogen-bond donors (Lipinski definition) is 0. The number of fused-ring (bicyclic) bond motifs is 1. The lowest BCUT2D eigenvalue weighted by atomic mass is 10.1. The summed E-state index contributed by atoms with van der Waals surface area (Å²) in [6.45, 7) is 4.36. The zero-order valence-corrected chi connectivity index (χ0v) is 13.1. The van der Waals surface area contributed by atoms with E-state index in [-0.39, 0.29) is 0 Å². The van der Waals surface area contributed by atoms with Gasteiger partial charge < -0.3 is 9.47 Å². The third-order valence-electron chi connectivity index (χ3n) is 3.62. The first-order valence-corrected chi connectivity index (χ1v) is 7.50. The highest BCUT2D eigenvalue weighted by molar-refractivity contribution is 5.58. The first kappa shape index (κ1) is 14.7. The zero-order chi connectivity index (χ0) is 15.4. The fourth-order valence-corrected chi connectivity index (χ4v) is 2.71. The van der Waals surface area contributed by atoms with Crippen molar-refractivity contribution in [3.8, 4) is 11.5 Å². The Kier molecular flexibility index (Phi) is 4.45. The molecule has 1 heterocycles. The molecule has 0 bridgehead atoms. The van der Waals surface area contributed by atoms with Crippen LogP contribution in [-0.4, -0.2) is 25.3 Å². The number of nitrogens with zero attached hydrogens (tertiary/aromatic N) is 1. The second-order valence-corrected chi connectivity index (χ2v) is 5.76. The molecular weight excluding hydrogens is 274 g/mol. The highest BCUT2D eigenvalue weighted by Crippen LogP contribution is 2.33. The van der Waals surface area contributed by atoms with Gasteiger partial charge in [-0.25, -0.2) is 0 Å². The Hall–Kier alpha value is -2.26. The highest BCUT2D eigenvalue weighted by Gasteiger charge is 2.12. The van der Waals surface area contributed by atoms with Crippen LogP contribution >= 0.6 is 0 Å². The van der Waals surface area contributed by atoms with E-state index in [2.05, 4.69) is 55.3 Å². The summed E-state index contributed by atoms with van der Waals surface area (Å²) in [7, 11) is 2.14. The molecule has 1 aliphatic heterocycles. The largest absolute Gasteiger partial charge is 0.454 e. The molecule has 3 rings (SSSR count). The molecule has 114 valence electrons. The van der Waals surface area contributed by atoms with Crippen molar-refractivity contribution in [2.75, 3.05) is 20.4 Å². The minimum atomic E-state index is 0.321. The van der Waals surface area contributed by atoms with Gasteiger partial charge in [-0.1, -0.05) is 48.0 Å². The molecule has 0 spiro atoms. The maximum absolute atomic E-state index is 5.42. The van der Waals surface area contributed by atoms with E-state index >= 15 is 0 Å². The zero-order valence-electron chi connectivity index (χ0n) is 13.1. The van der Waals surface area contributed by atoms with Gasteiger partial charge in [-0.15, -0.1) is 0 Å². The summed E-state index contributed by atoms with van der Waals surface area (Å²) in [5.41, 5.74) is 3.80. The lowest BCUT2D eigenvalue weighted by Crippen LogP contribution is -2.19. The SMILES string of the molecule is C/C(=C\c1ccc2c(c1)OCO2)CN(C)Cc1ccccc1. The summed E-state index contributed by atoms with van der Waals surface area (Å²) in [6.07, 6.45) is 2.20. The molecule has 0 amide bonds. The summed E-state index contributed by atoms with van der Waals surface area (Å²) in [5, 5.41) is 0. The third-order valence-corrected chi connectivity index (χ3v) is 3.62. The molecule has 0 radical (unpaired) electrons. The van der Waals surface area contributed by atoms with Crippen LogP contribution in [0.4, 0.5) is 0 Å². The summed E-state index contributed by atoms with van der Waals surface area (Å²) in [5.74, 6) is 1.66. The van der Waals surface area contributed by atoms with Crippen LogP contribution in [0.15, 0.2) is 54.1 Å². The van der Waals surface area contributed by atoms with Crippen molar-refractivity contribution in [2.24, 2.45) is 0 Å². The topological polar surface area (TPSA) is 21.7 Å². The molecule has 0 atom stereocenters. The van der Waals surface area contributed by atoms with E-state index in [1.807, 2.05) is 18.2 Å². The van der Waals surface area contributed by atoms with Crippen molar-refractivity contribution in [1.29, 1.82) is 0 Å². The average Bonchev–Trinajstić information content (AvgIpc) is 2.95. The van der Waals surface area contributed by atoms with Crippen LogP contribution in [-0.2, 0) is 6.54 Å². The van der Waals surface area contributed by atoms with Crippen molar-refractivity contribution in [2.45, 2.75) is 13.5 Å². The maximum Gasteiger partial charge on any atom is 0.231 e. The molecule has 0 unspecified atom stereocenters. The van der Waals surface area contributed by atoms with Crippen LogP contribution < -0.4 is 9.47 Å². The predicted molar refractivity (Wildman–Crippen MR) is 89.0 cm³/mol. The Morgan fingerprint density at radius 3 is 2.68 bits per heavy atom. The highest BCUT2D eigenvalue weighted by atomic mass is 16.7. The maximum atomic E-state index is 5.42. The monoisotopic (exact) mass is 295 g/mol. The summed E-state index contributed by atoms with van der Waals surface area (Å²) >= 11 is 0. The first-order chi connectivity index (χ1) is 10.7. The van der Waals surface area contributed by atoms with Crippen LogP contribution in [0.2, 0.25) is 0 Å². The van der Waals surface area contributed by atoms with Gasteiger partial charge in [0, 0.05) is 13.1 Å². The Labute approximate surface area is 131 Å². The molecular formula is C19H21NO2. The van der Waals surface area contributed by atoms with Crippen molar-refractivity contribution in [3.63, 3.8) is 0 Å². The van der Waals surface area contributed by atoms with E-state index in [0.717, 1.165) is 30.2 Å². The predicted octanol–water partition coefficient (Wildman–Crippen LogP) is 3.95. The number of benzene rings is 2. The minimum absolute atomic E-state index is 0.321. The molecule has 0 fully saturated rings. The molecule has 3 nitrogen and oxygen atoms in total. The fourth-order valence-electron chi connectivity index (χ4n) is 2.71. The van der Waals surface area contributed by atoms with E-state index in [0.29, 0.717) is 6.79 Å². The molecule has 3 heteroatoms. The molecule has 2 aromatic carbocycles. The van der Waals surface area contributed by atoms with Gasteiger partial charge in [0.2, 0.25) is 6.79 Å². The summed E-state index contributed by atoms with van der Waals surface area (Å²) in [6, 6.07) is 16.6. The first-order valence-electron chi connectivity index (χ1n) is 7.50. The quantitative estimate of drug-likeness (QED) is 0.833. The van der Waals surface area contributed by atoms with Crippen molar-refractivity contribution >= 4 is 6.08 Å². The van der Waals surface area contributed by atoms with E-state index in [4.69, 9.17) is 9.47 Å². The van der Waals surface area contributed by atoms with E-state index in [9.17, 15) is 0 Å². The summed E-state index contributed by atoms with van der Waals surface area (Å²) < 4.78 is 10.8. The minimum Gasteiger partial charge on any atom is -0.454 e. The van der Waals surface area contributed by atoms with E-state index in [1.54, 1.807) is 0 Å². The summed E-state index contributed by atoms with van der Waals surface area (Å²) in [4.78, 5) is 2.31. The molecule has 2 aromatic rings. The molecule has 0 saturated heterocycles. The lowest BCUT2D eigenvalue weighted by Gasteiger charge is -2.17. The van der Waals surface area contributed by atoms with Gasteiger partial charge in [0.05, 0.1) is 0 Å². The Balaban J connectivity index is 1.62. The van der Waals surface area contributed by atoms with E-state index in [1.165, 1.54) is 11.1 Å². The molecule has 0 aromatic heterocycles. The van der Waals surface area contributed by atoms with Gasteiger partial charge in [0.15, 0.2) is 11.5 Å². The molecule has 22 heavy (non-hydrogen) atoms. The van der Waals surface area contributed by atoms with Crippen LogP contribution in [0.25, 0.3) is 6.08 Å². The average molecular weight is 295 g/mol. The van der Waals surface area contributed by atoms with Crippen LogP contribution in [0.1, 0.15) is 18.1 Å². The molecule has 0 N–H and O–H groups in total. The van der Waals surface area contributed by atoms with Crippen LogP contribution in [0.5, 0.6) is 11.5 Å². The number of likely N-dealkylation sites (N-methyl/N-ethyl adjacent to an activating group) is 1. The standard InChI is InChI=1S/C19H21NO2/c1-15(12-20(2)13-16-6-4-3-5-7-16)10-17-8-9-18-19(11-17)22-14-21-18/h3-11H,12-14H2,1-2H3/b15-10+. The van der Waals surface area contributed by atoms with Crippen LogP contribution in [0.3, 0.4) is 0 Å². The molecule has 0 saturated carbocycles. The van der Waals surface area contributed by atoms with Crippen molar-refractivity contribution in [1.82, 2.24) is 4.90 Å². The fraction of sp³-hybridized carbons (Fsp3) is 0.263. The van der Waals surface area contributed by atoms with Gasteiger partial charge in [0.25, 0.3) is 0 Å². The number of ether oxygens (including phenoxy) is 2. The van der Waals surface area contributed by atoms with Crippen LogP contribution in [0, 0.1) is 0 Å².